The number of alkyl halides is 5. The number of ether oxygens (including phenoxy) is 1. The van der Waals surface area contributed by atoms with Gasteiger partial charge in [0.15, 0.2) is 0 Å². The molecule has 0 spiro atoms. The van der Waals surface area contributed by atoms with Crippen molar-refractivity contribution in [2.75, 3.05) is 7.11 Å². The van der Waals surface area contributed by atoms with Crippen molar-refractivity contribution in [2.24, 2.45) is 0 Å². The Balaban J connectivity index is 3.50. The van der Waals surface area contributed by atoms with Gasteiger partial charge in [0, 0.05) is 11.8 Å². The molecule has 0 saturated carbocycles. The standard InChI is InChI=1S/C8H5BrF5NO/c1-16-7-5(9)4(8(12,13)14)3(2-15-7)6(10)11/h2,6H,1H3. The number of aromatic nitrogens is 1. The molecule has 1 aromatic heterocycles. The molecule has 2 nitrogen and oxygen atoms in total. The molecule has 90 valence electrons. The van der Waals surface area contributed by atoms with E-state index in [1.54, 1.807) is 0 Å². The van der Waals surface area contributed by atoms with E-state index in [0.717, 1.165) is 7.11 Å². The van der Waals surface area contributed by atoms with Crippen LogP contribution in [-0.2, 0) is 6.18 Å². The highest BCUT2D eigenvalue weighted by molar-refractivity contribution is 9.10. The van der Waals surface area contributed by atoms with E-state index in [2.05, 4.69) is 25.7 Å². The van der Waals surface area contributed by atoms with E-state index in [4.69, 9.17) is 0 Å². The van der Waals surface area contributed by atoms with E-state index in [1.165, 1.54) is 0 Å². The maximum atomic E-state index is 12.5. The van der Waals surface area contributed by atoms with Crippen LogP contribution in [0.25, 0.3) is 0 Å². The van der Waals surface area contributed by atoms with Gasteiger partial charge in [-0.05, 0) is 15.9 Å². The van der Waals surface area contributed by atoms with Gasteiger partial charge in [-0.25, -0.2) is 13.8 Å². The van der Waals surface area contributed by atoms with Crippen LogP contribution in [-0.4, -0.2) is 12.1 Å². The lowest BCUT2D eigenvalue weighted by molar-refractivity contribution is -0.140. The molecule has 0 amide bonds. The van der Waals surface area contributed by atoms with Gasteiger partial charge in [-0.1, -0.05) is 0 Å². The van der Waals surface area contributed by atoms with Gasteiger partial charge in [-0.15, -0.1) is 0 Å². The Labute approximate surface area is 95.6 Å². The van der Waals surface area contributed by atoms with Gasteiger partial charge in [0.2, 0.25) is 5.88 Å². The van der Waals surface area contributed by atoms with E-state index in [1.807, 2.05) is 0 Å². The van der Waals surface area contributed by atoms with E-state index in [0.29, 0.717) is 6.20 Å². The van der Waals surface area contributed by atoms with Crippen molar-refractivity contribution in [3.63, 3.8) is 0 Å². The molecular weight excluding hydrogens is 301 g/mol. The molecule has 1 aromatic rings. The third kappa shape index (κ3) is 2.42. The summed E-state index contributed by atoms with van der Waals surface area (Å²) in [6, 6.07) is 0. The molecule has 0 aliphatic carbocycles. The van der Waals surface area contributed by atoms with Crippen molar-refractivity contribution in [1.29, 1.82) is 0 Å². The fourth-order valence-electron chi connectivity index (χ4n) is 1.08. The molecule has 0 unspecified atom stereocenters. The maximum Gasteiger partial charge on any atom is 0.418 e. The SMILES string of the molecule is COc1ncc(C(F)F)c(C(F)(F)F)c1Br. The first-order valence-electron chi connectivity index (χ1n) is 3.86. The summed E-state index contributed by atoms with van der Waals surface area (Å²) in [5.74, 6) is -0.392. The average Bonchev–Trinajstić information content (AvgIpc) is 2.14. The summed E-state index contributed by atoms with van der Waals surface area (Å²) in [6.07, 6.45) is -7.70. The molecule has 8 heteroatoms. The third-order valence-corrected chi connectivity index (χ3v) is 2.46. The van der Waals surface area contributed by atoms with Gasteiger partial charge in [0.25, 0.3) is 6.43 Å². The van der Waals surface area contributed by atoms with Crippen molar-refractivity contribution >= 4 is 15.9 Å². The summed E-state index contributed by atoms with van der Waals surface area (Å²) in [5, 5.41) is 0. The zero-order valence-electron chi connectivity index (χ0n) is 7.78. The van der Waals surface area contributed by atoms with Crippen molar-refractivity contribution < 1.29 is 26.7 Å². The molecule has 1 rings (SSSR count). The van der Waals surface area contributed by atoms with Gasteiger partial charge in [-0.3, -0.25) is 0 Å². The summed E-state index contributed by atoms with van der Waals surface area (Å²) in [5.41, 5.74) is -2.64. The lowest BCUT2D eigenvalue weighted by atomic mass is 10.1. The van der Waals surface area contributed by atoms with E-state index < -0.39 is 34.1 Å². The van der Waals surface area contributed by atoms with Crippen LogP contribution in [0.1, 0.15) is 17.6 Å². The number of rotatable bonds is 2. The zero-order chi connectivity index (χ0) is 12.5. The smallest absolute Gasteiger partial charge is 0.418 e. The minimum Gasteiger partial charge on any atom is -0.480 e. The number of hydrogen-bond donors (Lipinski definition) is 0. The van der Waals surface area contributed by atoms with E-state index in [9.17, 15) is 22.0 Å². The molecule has 0 atom stereocenters. The molecule has 0 saturated heterocycles. The summed E-state index contributed by atoms with van der Waals surface area (Å²) in [4.78, 5) is 3.34. The van der Waals surface area contributed by atoms with Crippen LogP contribution in [0.15, 0.2) is 10.7 Å². The lowest BCUT2D eigenvalue weighted by Crippen LogP contribution is -2.12. The van der Waals surface area contributed by atoms with Crippen LogP contribution in [0.5, 0.6) is 5.88 Å². The first-order chi connectivity index (χ1) is 7.29. The van der Waals surface area contributed by atoms with Crippen LogP contribution < -0.4 is 4.74 Å². The van der Waals surface area contributed by atoms with Gasteiger partial charge < -0.3 is 4.74 Å². The van der Waals surface area contributed by atoms with Gasteiger partial charge in [-0.2, -0.15) is 13.2 Å². The summed E-state index contributed by atoms with van der Waals surface area (Å²) >= 11 is 2.56. The highest BCUT2D eigenvalue weighted by atomic mass is 79.9. The van der Waals surface area contributed by atoms with E-state index in [-0.39, 0.29) is 0 Å². The Kier molecular flexibility index (Phi) is 3.72. The number of methoxy groups -OCH3 is 1. The Bertz CT molecular complexity index is 393. The largest absolute Gasteiger partial charge is 0.480 e. The molecule has 0 aliphatic rings. The fourth-order valence-corrected chi connectivity index (χ4v) is 1.80. The average molecular weight is 306 g/mol. The predicted molar refractivity (Wildman–Crippen MR) is 48.4 cm³/mol. The minimum absolute atomic E-state index is 0.392. The number of hydrogen-bond acceptors (Lipinski definition) is 2. The summed E-state index contributed by atoms with van der Waals surface area (Å²) in [7, 11) is 1.09. The normalized spacial score (nSPS) is 12.0. The molecule has 0 aliphatic heterocycles. The van der Waals surface area contributed by atoms with Crippen molar-refractivity contribution in [3.8, 4) is 5.88 Å². The highest BCUT2D eigenvalue weighted by Crippen LogP contribution is 2.43. The molecule has 0 N–H and O–H groups in total. The third-order valence-electron chi connectivity index (χ3n) is 1.73. The maximum absolute atomic E-state index is 12.5. The zero-order valence-corrected chi connectivity index (χ0v) is 9.36. The second-order valence-electron chi connectivity index (χ2n) is 2.71. The first kappa shape index (κ1) is 13.1. The topological polar surface area (TPSA) is 22.1 Å². The quantitative estimate of drug-likeness (QED) is 0.775. The van der Waals surface area contributed by atoms with Gasteiger partial charge in [0.05, 0.1) is 17.1 Å². The Morgan fingerprint density at radius 1 is 1.38 bits per heavy atom. The van der Waals surface area contributed by atoms with Crippen LogP contribution in [0.4, 0.5) is 22.0 Å². The number of pyridine rings is 1. The van der Waals surface area contributed by atoms with Crippen LogP contribution in [0.3, 0.4) is 0 Å². The Hall–Kier alpha value is -0.920. The summed E-state index contributed by atoms with van der Waals surface area (Å²) < 4.78 is 66.2. The first-order valence-corrected chi connectivity index (χ1v) is 4.66. The number of halogens is 6. The Morgan fingerprint density at radius 2 is 1.94 bits per heavy atom. The molecule has 0 fully saturated rings. The van der Waals surface area contributed by atoms with Crippen LogP contribution in [0, 0.1) is 0 Å². The molecule has 16 heavy (non-hydrogen) atoms. The van der Waals surface area contributed by atoms with Crippen LogP contribution in [0.2, 0.25) is 0 Å². The van der Waals surface area contributed by atoms with Gasteiger partial charge >= 0.3 is 6.18 Å². The van der Waals surface area contributed by atoms with Crippen molar-refractivity contribution in [2.45, 2.75) is 12.6 Å². The van der Waals surface area contributed by atoms with E-state index >= 15 is 0 Å². The van der Waals surface area contributed by atoms with Crippen molar-refractivity contribution in [3.05, 3.63) is 21.8 Å². The molecular formula is C8H5BrF5NO. The molecule has 1 heterocycles. The number of nitrogens with zero attached hydrogens (tertiary/aromatic N) is 1. The second-order valence-corrected chi connectivity index (χ2v) is 3.50. The highest BCUT2D eigenvalue weighted by Gasteiger charge is 2.39. The monoisotopic (exact) mass is 305 g/mol. The molecule has 0 radical (unpaired) electrons. The Morgan fingerprint density at radius 3 is 2.31 bits per heavy atom. The van der Waals surface area contributed by atoms with Crippen molar-refractivity contribution in [1.82, 2.24) is 4.98 Å². The minimum atomic E-state index is -4.90. The van der Waals surface area contributed by atoms with Crippen LogP contribution >= 0.6 is 15.9 Å². The second kappa shape index (κ2) is 4.52. The molecule has 0 bridgehead atoms. The lowest BCUT2D eigenvalue weighted by Gasteiger charge is -2.15. The summed E-state index contributed by atoms with van der Waals surface area (Å²) in [6.45, 7) is 0. The fraction of sp³-hybridized carbons (Fsp3) is 0.375. The molecule has 0 aromatic carbocycles. The predicted octanol–water partition coefficient (Wildman–Crippen LogP) is 3.81. The van der Waals surface area contributed by atoms with Gasteiger partial charge in [0.1, 0.15) is 0 Å².